The summed E-state index contributed by atoms with van der Waals surface area (Å²) < 4.78 is 3.23. The van der Waals surface area contributed by atoms with Crippen molar-refractivity contribution < 1.29 is 4.79 Å². The fourth-order valence-corrected chi connectivity index (χ4v) is 1.62. The molecule has 0 aliphatic carbocycles. The van der Waals surface area contributed by atoms with E-state index < -0.39 is 0 Å². The molecule has 1 amide bonds. The zero-order valence-corrected chi connectivity index (χ0v) is 10.4. The van der Waals surface area contributed by atoms with Crippen molar-refractivity contribution >= 4 is 37.8 Å². The monoisotopic (exact) mass is 309 g/mol. The smallest absolute Gasteiger partial charge is 0.241 e. The van der Waals surface area contributed by atoms with E-state index in [2.05, 4.69) is 42.3 Å². The van der Waals surface area contributed by atoms with E-state index in [0.29, 0.717) is 4.60 Å². The molecule has 0 unspecified atom stereocenters. The SMILES string of the molecule is CNC(=O)Cn1nc(Br)c(Br)c1C. The van der Waals surface area contributed by atoms with Crippen LogP contribution in [0, 0.1) is 6.92 Å². The van der Waals surface area contributed by atoms with Gasteiger partial charge in [-0.3, -0.25) is 9.48 Å². The first-order chi connectivity index (χ1) is 6.06. The average Bonchev–Trinajstić information content (AvgIpc) is 2.34. The largest absolute Gasteiger partial charge is 0.358 e. The van der Waals surface area contributed by atoms with Gasteiger partial charge in [-0.05, 0) is 38.8 Å². The number of hydrogen-bond acceptors (Lipinski definition) is 2. The Balaban J connectivity index is 2.90. The second-order valence-electron chi connectivity index (χ2n) is 2.52. The zero-order valence-electron chi connectivity index (χ0n) is 7.27. The molecule has 0 spiro atoms. The minimum atomic E-state index is -0.0643. The summed E-state index contributed by atoms with van der Waals surface area (Å²) >= 11 is 6.62. The molecular formula is C7H9Br2N3O. The third kappa shape index (κ3) is 2.31. The summed E-state index contributed by atoms with van der Waals surface area (Å²) in [6, 6.07) is 0. The minimum absolute atomic E-state index is 0.0643. The molecule has 0 saturated heterocycles. The van der Waals surface area contributed by atoms with Crippen LogP contribution in [0.1, 0.15) is 5.69 Å². The molecule has 0 aliphatic rings. The first-order valence-electron chi connectivity index (χ1n) is 3.65. The lowest BCUT2D eigenvalue weighted by Gasteiger charge is -2.01. The van der Waals surface area contributed by atoms with Gasteiger partial charge in [-0.25, -0.2) is 0 Å². The van der Waals surface area contributed by atoms with Crippen molar-refractivity contribution in [3.8, 4) is 0 Å². The van der Waals surface area contributed by atoms with Gasteiger partial charge in [-0.15, -0.1) is 0 Å². The first kappa shape index (κ1) is 10.7. The van der Waals surface area contributed by atoms with E-state index in [1.807, 2.05) is 6.92 Å². The lowest BCUT2D eigenvalue weighted by atomic mass is 10.5. The van der Waals surface area contributed by atoms with Crippen molar-refractivity contribution in [1.82, 2.24) is 15.1 Å². The summed E-state index contributed by atoms with van der Waals surface area (Å²) in [6.45, 7) is 2.14. The summed E-state index contributed by atoms with van der Waals surface area (Å²) in [4.78, 5) is 11.1. The molecule has 0 bridgehead atoms. The van der Waals surface area contributed by atoms with Gasteiger partial charge in [-0.1, -0.05) is 0 Å². The number of rotatable bonds is 2. The molecule has 0 saturated carbocycles. The summed E-state index contributed by atoms with van der Waals surface area (Å²) in [7, 11) is 1.60. The van der Waals surface area contributed by atoms with Crippen molar-refractivity contribution in [2.75, 3.05) is 7.05 Å². The molecule has 1 rings (SSSR count). The summed E-state index contributed by atoms with van der Waals surface area (Å²) in [5.74, 6) is -0.0643. The molecule has 0 atom stereocenters. The number of nitrogens with zero attached hydrogens (tertiary/aromatic N) is 2. The van der Waals surface area contributed by atoms with Gasteiger partial charge >= 0.3 is 0 Å². The number of nitrogens with one attached hydrogen (secondary N) is 1. The van der Waals surface area contributed by atoms with Crippen LogP contribution in [0.2, 0.25) is 0 Å². The highest BCUT2D eigenvalue weighted by Crippen LogP contribution is 2.24. The molecule has 1 aromatic rings. The normalized spacial score (nSPS) is 10.2. The van der Waals surface area contributed by atoms with E-state index in [-0.39, 0.29) is 12.5 Å². The number of carbonyl (C=O) groups is 1. The van der Waals surface area contributed by atoms with E-state index in [1.165, 1.54) is 0 Å². The van der Waals surface area contributed by atoms with Gasteiger partial charge in [0, 0.05) is 7.05 Å². The minimum Gasteiger partial charge on any atom is -0.358 e. The summed E-state index contributed by atoms with van der Waals surface area (Å²) in [5, 5.41) is 6.66. The topological polar surface area (TPSA) is 46.9 Å². The van der Waals surface area contributed by atoms with Crippen LogP contribution in [-0.4, -0.2) is 22.7 Å². The van der Waals surface area contributed by atoms with Crippen LogP contribution in [-0.2, 0) is 11.3 Å². The van der Waals surface area contributed by atoms with Crippen molar-refractivity contribution in [2.24, 2.45) is 0 Å². The molecular weight excluding hydrogens is 302 g/mol. The molecule has 13 heavy (non-hydrogen) atoms. The Morgan fingerprint density at radius 3 is 2.62 bits per heavy atom. The highest BCUT2D eigenvalue weighted by atomic mass is 79.9. The standard InChI is InChI=1S/C7H9Br2N3O/c1-4-6(8)7(9)11-12(4)3-5(13)10-2/h3H2,1-2H3,(H,10,13). The molecule has 1 aromatic heterocycles. The Bertz CT molecular complexity index is 335. The first-order valence-corrected chi connectivity index (χ1v) is 5.24. The number of hydrogen-bond donors (Lipinski definition) is 1. The van der Waals surface area contributed by atoms with Crippen LogP contribution < -0.4 is 5.32 Å². The van der Waals surface area contributed by atoms with Crippen molar-refractivity contribution in [2.45, 2.75) is 13.5 Å². The number of aromatic nitrogens is 2. The Kier molecular flexibility index (Phi) is 3.49. The quantitative estimate of drug-likeness (QED) is 0.899. The molecule has 0 aromatic carbocycles. The molecule has 1 N–H and O–H groups in total. The van der Waals surface area contributed by atoms with Gasteiger partial charge in [0.15, 0.2) is 0 Å². The van der Waals surface area contributed by atoms with E-state index in [9.17, 15) is 4.79 Å². The van der Waals surface area contributed by atoms with Gasteiger partial charge in [0.2, 0.25) is 5.91 Å². The molecule has 72 valence electrons. The van der Waals surface area contributed by atoms with Gasteiger partial charge in [-0.2, -0.15) is 5.10 Å². The van der Waals surface area contributed by atoms with Crippen LogP contribution in [0.5, 0.6) is 0 Å². The lowest BCUT2D eigenvalue weighted by Crippen LogP contribution is -2.24. The van der Waals surface area contributed by atoms with E-state index in [1.54, 1.807) is 11.7 Å². The Hall–Kier alpha value is -0.360. The van der Waals surface area contributed by atoms with Crippen molar-refractivity contribution in [3.05, 3.63) is 14.8 Å². The van der Waals surface area contributed by atoms with Crippen LogP contribution in [0.15, 0.2) is 9.08 Å². The molecule has 4 nitrogen and oxygen atoms in total. The highest BCUT2D eigenvalue weighted by Gasteiger charge is 2.11. The second kappa shape index (κ2) is 4.23. The number of carbonyl (C=O) groups excluding carboxylic acids is 1. The predicted octanol–water partition coefficient (Wildman–Crippen LogP) is 1.46. The third-order valence-corrected chi connectivity index (χ3v) is 3.70. The Labute approximate surface area is 92.9 Å². The predicted molar refractivity (Wildman–Crippen MR) is 56.4 cm³/mol. The molecule has 0 aliphatic heterocycles. The van der Waals surface area contributed by atoms with Crippen molar-refractivity contribution in [3.63, 3.8) is 0 Å². The lowest BCUT2D eigenvalue weighted by molar-refractivity contribution is -0.121. The van der Waals surface area contributed by atoms with Gasteiger partial charge < -0.3 is 5.32 Å². The van der Waals surface area contributed by atoms with Gasteiger partial charge in [0.25, 0.3) is 0 Å². The van der Waals surface area contributed by atoms with E-state index >= 15 is 0 Å². The summed E-state index contributed by atoms with van der Waals surface area (Å²) in [6.07, 6.45) is 0. The number of halogens is 2. The fourth-order valence-electron chi connectivity index (χ4n) is 0.856. The Morgan fingerprint density at radius 2 is 2.23 bits per heavy atom. The molecule has 6 heteroatoms. The number of likely N-dealkylation sites (N-methyl/N-ethyl adjacent to an activating group) is 1. The van der Waals surface area contributed by atoms with Gasteiger partial charge in [0.1, 0.15) is 11.1 Å². The number of amides is 1. The zero-order chi connectivity index (χ0) is 10.0. The molecule has 0 fully saturated rings. The maximum atomic E-state index is 11.1. The summed E-state index contributed by atoms with van der Waals surface area (Å²) in [5.41, 5.74) is 0.926. The maximum absolute atomic E-state index is 11.1. The van der Waals surface area contributed by atoms with Crippen LogP contribution >= 0.6 is 31.9 Å². The van der Waals surface area contributed by atoms with Crippen LogP contribution in [0.3, 0.4) is 0 Å². The van der Waals surface area contributed by atoms with Crippen LogP contribution in [0.4, 0.5) is 0 Å². The molecule has 1 heterocycles. The maximum Gasteiger partial charge on any atom is 0.241 e. The van der Waals surface area contributed by atoms with E-state index in [4.69, 9.17) is 0 Å². The van der Waals surface area contributed by atoms with Crippen molar-refractivity contribution in [1.29, 1.82) is 0 Å². The average molecular weight is 311 g/mol. The van der Waals surface area contributed by atoms with Gasteiger partial charge in [0.05, 0.1) is 10.2 Å². The van der Waals surface area contributed by atoms with E-state index in [0.717, 1.165) is 10.2 Å². The fraction of sp³-hybridized carbons (Fsp3) is 0.429. The highest BCUT2D eigenvalue weighted by molar-refractivity contribution is 9.13. The Morgan fingerprint density at radius 1 is 1.62 bits per heavy atom. The van der Waals surface area contributed by atoms with Crippen LogP contribution in [0.25, 0.3) is 0 Å². The molecule has 0 radical (unpaired) electrons. The third-order valence-electron chi connectivity index (χ3n) is 1.67. The second-order valence-corrected chi connectivity index (χ2v) is 4.07.